The zero-order valence-corrected chi connectivity index (χ0v) is 28.1. The molecule has 11 heteroatoms. The number of Topliss-reactive ketones (excluding diaryl/α,β-unsaturated/α-hetero) is 1. The van der Waals surface area contributed by atoms with Gasteiger partial charge in [0.1, 0.15) is 17.7 Å². The highest BCUT2D eigenvalue weighted by Crippen LogP contribution is 2.12. The van der Waals surface area contributed by atoms with Gasteiger partial charge in [-0.05, 0) is 56.9 Å². The van der Waals surface area contributed by atoms with Crippen LogP contribution in [-0.2, 0) is 35.1 Å². The third-order valence-electron chi connectivity index (χ3n) is 6.66. The van der Waals surface area contributed by atoms with Crippen molar-refractivity contribution in [2.24, 2.45) is 17.8 Å². The van der Waals surface area contributed by atoms with Crippen LogP contribution < -0.4 is 21.3 Å². The Hall–Kier alpha value is -3.47. The lowest BCUT2D eigenvalue weighted by Gasteiger charge is -2.28. The number of carbonyl (C=O) groups is 5. The number of ketones is 1. The van der Waals surface area contributed by atoms with Crippen LogP contribution in [0, 0.1) is 17.8 Å². The van der Waals surface area contributed by atoms with Crippen molar-refractivity contribution in [1.82, 2.24) is 21.3 Å². The average Bonchev–Trinajstić information content (AvgIpc) is 2.91. The molecule has 0 fully saturated rings. The van der Waals surface area contributed by atoms with Crippen LogP contribution in [0.3, 0.4) is 0 Å². The summed E-state index contributed by atoms with van der Waals surface area (Å²) < 4.78 is 10.3. The molecule has 3 amide bonds. The Labute approximate surface area is 263 Å². The molecule has 11 nitrogen and oxygen atoms in total. The van der Waals surface area contributed by atoms with Gasteiger partial charge in [0.2, 0.25) is 11.8 Å². The number of ether oxygens (including phenoxy) is 2. The van der Waals surface area contributed by atoms with Crippen LogP contribution in [0.1, 0.15) is 80.7 Å². The van der Waals surface area contributed by atoms with Gasteiger partial charge in [0, 0.05) is 6.42 Å². The molecule has 0 saturated carbocycles. The molecule has 4 N–H and O–H groups in total. The molecule has 0 aliphatic heterocycles. The van der Waals surface area contributed by atoms with Crippen molar-refractivity contribution < 1.29 is 33.4 Å². The molecule has 0 heterocycles. The molecule has 0 saturated heterocycles. The van der Waals surface area contributed by atoms with Crippen LogP contribution in [0.2, 0.25) is 0 Å². The third-order valence-corrected chi connectivity index (χ3v) is 6.66. The van der Waals surface area contributed by atoms with Gasteiger partial charge in [-0.25, -0.2) is 9.59 Å². The van der Waals surface area contributed by atoms with Gasteiger partial charge in [0.15, 0.2) is 5.78 Å². The molecule has 1 aromatic carbocycles. The fourth-order valence-electron chi connectivity index (χ4n) is 4.53. The molecule has 0 aliphatic carbocycles. The number of benzene rings is 1. The second-order valence-electron chi connectivity index (χ2n) is 13.4. The van der Waals surface area contributed by atoms with Crippen LogP contribution in [-0.4, -0.2) is 73.1 Å². The summed E-state index contributed by atoms with van der Waals surface area (Å²) in [7, 11) is 1.26. The number of rotatable bonds is 17. The molecular formula is C33H54N4O7. The van der Waals surface area contributed by atoms with Crippen LogP contribution in [0.5, 0.6) is 0 Å². The van der Waals surface area contributed by atoms with Crippen molar-refractivity contribution >= 4 is 29.7 Å². The highest BCUT2D eigenvalue weighted by atomic mass is 16.6. The molecule has 44 heavy (non-hydrogen) atoms. The van der Waals surface area contributed by atoms with Gasteiger partial charge < -0.3 is 25.4 Å². The topological polar surface area (TPSA) is 152 Å². The Kier molecular flexibility index (Phi) is 16.1. The molecule has 1 rings (SSSR count). The fourth-order valence-corrected chi connectivity index (χ4v) is 4.53. The third kappa shape index (κ3) is 14.8. The van der Waals surface area contributed by atoms with E-state index in [2.05, 4.69) is 21.3 Å². The fraction of sp³-hybridized carbons (Fsp3) is 0.667. The summed E-state index contributed by atoms with van der Waals surface area (Å²) in [6.45, 7) is 16.4. The van der Waals surface area contributed by atoms with E-state index in [9.17, 15) is 24.0 Å². The van der Waals surface area contributed by atoms with Crippen molar-refractivity contribution in [3.05, 3.63) is 35.9 Å². The monoisotopic (exact) mass is 618 g/mol. The number of carbonyl (C=O) groups excluding carboxylic acids is 5. The Morgan fingerprint density at radius 2 is 1.32 bits per heavy atom. The van der Waals surface area contributed by atoms with Crippen LogP contribution in [0.4, 0.5) is 4.79 Å². The molecular weight excluding hydrogens is 564 g/mol. The number of hydrogen-bond donors (Lipinski definition) is 4. The minimum absolute atomic E-state index is 0.0978. The van der Waals surface area contributed by atoms with Crippen LogP contribution >= 0.6 is 0 Å². The van der Waals surface area contributed by atoms with Gasteiger partial charge in [0.25, 0.3) is 0 Å². The minimum Gasteiger partial charge on any atom is -0.467 e. The largest absolute Gasteiger partial charge is 0.467 e. The lowest BCUT2D eigenvalue weighted by atomic mass is 9.98. The van der Waals surface area contributed by atoms with E-state index >= 15 is 0 Å². The number of nitrogens with one attached hydrogen (secondary N) is 4. The molecule has 0 radical (unpaired) electrons. The molecule has 248 valence electrons. The van der Waals surface area contributed by atoms with Crippen molar-refractivity contribution in [1.29, 1.82) is 0 Å². The zero-order valence-electron chi connectivity index (χ0n) is 28.1. The number of alkyl carbamates (subject to hydrolysis) is 1. The van der Waals surface area contributed by atoms with Gasteiger partial charge in [0.05, 0.1) is 25.7 Å². The predicted octanol–water partition coefficient (Wildman–Crippen LogP) is 3.54. The van der Waals surface area contributed by atoms with E-state index in [1.165, 1.54) is 7.11 Å². The molecule has 0 spiro atoms. The van der Waals surface area contributed by atoms with Crippen LogP contribution in [0.15, 0.2) is 30.3 Å². The first-order valence-corrected chi connectivity index (χ1v) is 15.4. The van der Waals surface area contributed by atoms with E-state index in [0.717, 1.165) is 5.56 Å². The number of methoxy groups -OCH3 is 1. The smallest absolute Gasteiger partial charge is 0.408 e. The summed E-state index contributed by atoms with van der Waals surface area (Å²) in [6.07, 6.45) is 0.350. The molecule has 0 aromatic heterocycles. The number of hydrogen-bond acceptors (Lipinski definition) is 8. The Balaban J connectivity index is 3.02. The van der Waals surface area contributed by atoms with E-state index in [0.29, 0.717) is 12.8 Å². The first-order chi connectivity index (χ1) is 20.4. The van der Waals surface area contributed by atoms with Crippen molar-refractivity contribution in [3.8, 4) is 0 Å². The maximum Gasteiger partial charge on any atom is 0.408 e. The second-order valence-corrected chi connectivity index (χ2v) is 13.4. The lowest BCUT2D eigenvalue weighted by molar-refractivity contribution is -0.145. The molecule has 1 aromatic rings. The quantitative estimate of drug-likeness (QED) is 0.194. The van der Waals surface area contributed by atoms with Crippen molar-refractivity contribution in [2.75, 3.05) is 13.7 Å². The highest BCUT2D eigenvalue weighted by molar-refractivity contribution is 5.93. The maximum atomic E-state index is 13.5. The number of esters is 1. The Bertz CT molecular complexity index is 1080. The number of amides is 3. The van der Waals surface area contributed by atoms with Gasteiger partial charge in [-0.15, -0.1) is 0 Å². The Morgan fingerprint density at radius 3 is 1.82 bits per heavy atom. The highest BCUT2D eigenvalue weighted by Gasteiger charge is 2.32. The van der Waals surface area contributed by atoms with E-state index in [1.807, 2.05) is 58.0 Å². The molecule has 0 aliphatic rings. The van der Waals surface area contributed by atoms with Crippen molar-refractivity contribution in [3.63, 3.8) is 0 Å². The predicted molar refractivity (Wildman–Crippen MR) is 170 cm³/mol. The summed E-state index contributed by atoms with van der Waals surface area (Å²) in [5.74, 6) is -1.92. The van der Waals surface area contributed by atoms with E-state index in [-0.39, 0.29) is 36.5 Å². The van der Waals surface area contributed by atoms with Gasteiger partial charge in [-0.2, -0.15) is 0 Å². The van der Waals surface area contributed by atoms with E-state index in [1.54, 1.807) is 34.6 Å². The average molecular weight is 619 g/mol. The second kappa shape index (κ2) is 18.4. The van der Waals surface area contributed by atoms with Gasteiger partial charge in [-0.1, -0.05) is 71.9 Å². The van der Waals surface area contributed by atoms with Crippen LogP contribution in [0.25, 0.3) is 0 Å². The zero-order chi connectivity index (χ0) is 33.6. The van der Waals surface area contributed by atoms with E-state index < -0.39 is 53.6 Å². The SMILES string of the molecule is COC(=O)[C@H](Cc1ccccc1)NC(=O)[C@@H](NC(=O)[C@H](CC(C)C)NCC(=O)[C@H](CC(C)C)NC(=O)OC(C)(C)C)C(C)C. The molecule has 4 atom stereocenters. The minimum atomic E-state index is -0.944. The standard InChI is InChI=1S/C33H54N4O7/c1-20(2)16-24(36-32(42)44-33(7,8)9)27(38)19-34-25(17-21(3)4)29(39)37-28(22(5)6)30(40)35-26(31(41)43-10)18-23-14-12-11-13-15-23/h11-15,20-22,24-26,28,34H,16-19H2,1-10H3,(H,35,40)(H,36,42)(H,37,39)/t24-,25-,26-,28-/m0/s1. The normalized spacial score (nSPS) is 14.4. The summed E-state index contributed by atoms with van der Waals surface area (Å²) in [5, 5.41) is 11.3. The summed E-state index contributed by atoms with van der Waals surface area (Å²) >= 11 is 0. The maximum absolute atomic E-state index is 13.5. The first-order valence-electron chi connectivity index (χ1n) is 15.4. The Morgan fingerprint density at radius 1 is 0.750 bits per heavy atom. The van der Waals surface area contributed by atoms with Gasteiger partial charge >= 0.3 is 12.1 Å². The van der Waals surface area contributed by atoms with E-state index in [4.69, 9.17) is 9.47 Å². The van der Waals surface area contributed by atoms with Gasteiger partial charge in [-0.3, -0.25) is 19.7 Å². The van der Waals surface area contributed by atoms with Crippen molar-refractivity contribution in [2.45, 2.75) is 111 Å². The molecule has 0 bridgehead atoms. The summed E-state index contributed by atoms with van der Waals surface area (Å²) in [6, 6.07) is 5.78. The summed E-state index contributed by atoms with van der Waals surface area (Å²) in [4.78, 5) is 65.0. The molecule has 0 unspecified atom stereocenters. The summed E-state index contributed by atoms with van der Waals surface area (Å²) in [5.41, 5.74) is 0.127. The first kappa shape index (κ1) is 38.6. The lowest BCUT2D eigenvalue weighted by Crippen LogP contribution is -2.58.